The normalized spacial score (nSPS) is 10.5. The highest BCUT2D eigenvalue weighted by Gasteiger charge is 2.20. The monoisotopic (exact) mass is 480 g/mol. The largest absolute Gasteiger partial charge is 0.493 e. The van der Waals surface area contributed by atoms with Gasteiger partial charge < -0.3 is 14.2 Å². The molecule has 0 radical (unpaired) electrons. The molecule has 0 atom stereocenters. The first kappa shape index (κ1) is 25.7. The van der Waals surface area contributed by atoms with E-state index in [9.17, 15) is 14.0 Å². The van der Waals surface area contributed by atoms with E-state index in [2.05, 4.69) is 18.0 Å². The van der Waals surface area contributed by atoms with Crippen molar-refractivity contribution >= 4 is 12.1 Å². The lowest BCUT2D eigenvalue weighted by atomic mass is 10.2. The molecule has 1 heterocycles. The van der Waals surface area contributed by atoms with E-state index >= 15 is 0 Å². The summed E-state index contributed by atoms with van der Waals surface area (Å²) in [5, 5.41) is 0. The second-order valence-corrected chi connectivity index (χ2v) is 7.74. The van der Waals surface area contributed by atoms with Gasteiger partial charge in [0, 0.05) is 24.9 Å². The van der Waals surface area contributed by atoms with Crippen LogP contribution < -0.4 is 9.47 Å². The summed E-state index contributed by atoms with van der Waals surface area (Å²) in [6.07, 6.45) is 2.78. The van der Waals surface area contributed by atoms with Crippen molar-refractivity contribution in [1.82, 2.24) is 9.88 Å². The number of aromatic nitrogens is 1. The van der Waals surface area contributed by atoms with E-state index in [1.165, 1.54) is 34.7 Å². The Balaban J connectivity index is 1.57. The number of aryl methyl sites for hydroxylation is 1. The molecule has 0 saturated carbocycles. The summed E-state index contributed by atoms with van der Waals surface area (Å²) in [6, 6.07) is 16.4. The van der Waals surface area contributed by atoms with Gasteiger partial charge in [-0.2, -0.15) is 0 Å². The number of hydrogen-bond donors (Lipinski definition) is 0. The van der Waals surface area contributed by atoms with Gasteiger partial charge in [-0.15, -0.1) is 0 Å². The molecule has 0 saturated heterocycles. The molecule has 0 aliphatic carbocycles. The zero-order chi connectivity index (χ0) is 25.0. The highest BCUT2D eigenvalue weighted by molar-refractivity contribution is 5.79. The maximum Gasteiger partial charge on any atom is 0.416 e. The molecule has 1 amide bonds. The van der Waals surface area contributed by atoms with E-state index < -0.39 is 17.9 Å². The molecule has 0 bridgehead atoms. The van der Waals surface area contributed by atoms with Gasteiger partial charge in [-0.25, -0.2) is 9.18 Å². The predicted molar refractivity (Wildman–Crippen MR) is 129 cm³/mol. The number of halogens is 1. The molecule has 3 aromatic rings. The molecular weight excluding hydrogens is 451 g/mol. The second kappa shape index (κ2) is 13.1. The van der Waals surface area contributed by atoms with E-state index in [0.717, 1.165) is 17.7 Å². The third kappa shape index (κ3) is 8.41. The average Bonchev–Trinajstić information content (AvgIpc) is 2.86. The number of nitrogens with zero attached hydrogens (tertiary/aromatic N) is 2. The lowest BCUT2D eigenvalue weighted by molar-refractivity contribution is -0.144. The van der Waals surface area contributed by atoms with Crippen molar-refractivity contribution in [1.29, 1.82) is 0 Å². The highest BCUT2D eigenvalue weighted by atomic mass is 19.1. The summed E-state index contributed by atoms with van der Waals surface area (Å²) in [7, 11) is 0. The van der Waals surface area contributed by atoms with Crippen LogP contribution in [0.1, 0.15) is 30.7 Å². The molecule has 0 spiro atoms. The Morgan fingerprint density at radius 2 is 1.60 bits per heavy atom. The number of rotatable bonds is 11. The lowest BCUT2D eigenvalue weighted by Crippen LogP contribution is -2.38. The third-order valence-electron chi connectivity index (χ3n) is 5.12. The lowest BCUT2D eigenvalue weighted by Gasteiger charge is -2.21. The number of amides is 1. The molecule has 7 nitrogen and oxygen atoms in total. The number of benzene rings is 2. The smallest absolute Gasteiger partial charge is 0.416 e. The van der Waals surface area contributed by atoms with Crippen molar-refractivity contribution in [3.63, 3.8) is 0 Å². The maximum atomic E-state index is 13.1. The molecular formula is C27H29FN2O5. The van der Waals surface area contributed by atoms with Crippen LogP contribution in [0.2, 0.25) is 0 Å². The summed E-state index contributed by atoms with van der Waals surface area (Å²) in [5.41, 5.74) is 2.94. The first-order valence-electron chi connectivity index (χ1n) is 11.5. The number of hydrogen-bond acceptors (Lipinski definition) is 6. The van der Waals surface area contributed by atoms with Crippen molar-refractivity contribution in [3.8, 4) is 11.5 Å². The molecule has 0 aliphatic heterocycles. The number of carbonyl (C=O) groups is 2. The minimum Gasteiger partial charge on any atom is -0.493 e. The van der Waals surface area contributed by atoms with E-state index in [-0.39, 0.29) is 25.4 Å². The summed E-state index contributed by atoms with van der Waals surface area (Å²) >= 11 is 0. The Morgan fingerprint density at radius 1 is 0.914 bits per heavy atom. The first-order chi connectivity index (χ1) is 17.0. The van der Waals surface area contributed by atoms with Crippen LogP contribution in [0.15, 0.2) is 66.9 Å². The highest BCUT2D eigenvalue weighted by Crippen LogP contribution is 2.17. The van der Waals surface area contributed by atoms with E-state index in [4.69, 9.17) is 14.2 Å². The molecule has 35 heavy (non-hydrogen) atoms. The fourth-order valence-electron chi connectivity index (χ4n) is 3.21. The number of pyridine rings is 1. The summed E-state index contributed by atoms with van der Waals surface area (Å²) in [5.74, 6) is -0.136. The third-order valence-corrected chi connectivity index (χ3v) is 5.12. The van der Waals surface area contributed by atoms with Crippen molar-refractivity contribution in [2.75, 3.05) is 19.8 Å². The summed E-state index contributed by atoms with van der Waals surface area (Å²) in [4.78, 5) is 30.4. The van der Waals surface area contributed by atoms with Crippen molar-refractivity contribution in [2.24, 2.45) is 0 Å². The molecule has 1 aromatic heterocycles. The molecule has 3 rings (SSSR count). The van der Waals surface area contributed by atoms with Gasteiger partial charge >= 0.3 is 12.1 Å². The average molecular weight is 481 g/mol. The van der Waals surface area contributed by atoms with E-state index in [0.29, 0.717) is 18.8 Å². The van der Waals surface area contributed by atoms with Crippen LogP contribution in [0, 0.1) is 5.82 Å². The maximum absolute atomic E-state index is 13.1. The number of ether oxygens (including phenoxy) is 3. The van der Waals surface area contributed by atoms with Crippen LogP contribution in [0.3, 0.4) is 0 Å². The van der Waals surface area contributed by atoms with Crippen LogP contribution in [0.25, 0.3) is 0 Å². The molecule has 0 N–H and O–H groups in total. The Hall–Kier alpha value is -3.94. The zero-order valence-corrected chi connectivity index (χ0v) is 19.9. The van der Waals surface area contributed by atoms with Gasteiger partial charge in [0.15, 0.2) is 0 Å². The Labute approximate surface area is 204 Å². The Bertz CT molecular complexity index is 1090. The Morgan fingerprint density at radius 3 is 2.23 bits per heavy atom. The van der Waals surface area contributed by atoms with Crippen molar-refractivity contribution < 1.29 is 28.2 Å². The topological polar surface area (TPSA) is 78.0 Å². The molecule has 184 valence electrons. The zero-order valence-electron chi connectivity index (χ0n) is 19.9. The number of esters is 1. The predicted octanol–water partition coefficient (Wildman–Crippen LogP) is 4.97. The summed E-state index contributed by atoms with van der Waals surface area (Å²) in [6.45, 7) is 4.30. The van der Waals surface area contributed by atoms with E-state index in [1.807, 2.05) is 24.4 Å². The fraction of sp³-hybridized carbons (Fsp3) is 0.296. The van der Waals surface area contributed by atoms with Crippen LogP contribution >= 0.6 is 0 Å². The first-order valence-corrected chi connectivity index (χ1v) is 11.5. The molecule has 0 unspecified atom stereocenters. The van der Waals surface area contributed by atoms with Crippen LogP contribution in [-0.4, -0.2) is 41.7 Å². The standard InChI is InChI=1S/C27H29FN2O5/c1-3-20-5-10-23(29-17-20)15-16-34-24-11-6-21(7-12-24)18-30(19-26(31)33-4-2)27(32)35-25-13-8-22(28)9-14-25/h5-14,17H,3-4,15-16,18-19H2,1-2H3. The van der Waals surface area contributed by atoms with Gasteiger partial charge in [0.2, 0.25) is 0 Å². The van der Waals surface area contributed by atoms with Crippen molar-refractivity contribution in [2.45, 2.75) is 33.2 Å². The second-order valence-electron chi connectivity index (χ2n) is 7.74. The van der Waals surface area contributed by atoms with Gasteiger partial charge in [0.1, 0.15) is 23.9 Å². The molecule has 8 heteroatoms. The Kier molecular flexibility index (Phi) is 9.59. The van der Waals surface area contributed by atoms with Gasteiger partial charge in [-0.3, -0.25) is 14.7 Å². The molecule has 0 fully saturated rings. The van der Waals surface area contributed by atoms with Crippen LogP contribution in [0.4, 0.5) is 9.18 Å². The van der Waals surface area contributed by atoms with Gasteiger partial charge in [-0.05, 0) is 66.9 Å². The van der Waals surface area contributed by atoms with E-state index in [1.54, 1.807) is 19.1 Å². The fourth-order valence-corrected chi connectivity index (χ4v) is 3.21. The van der Waals surface area contributed by atoms with Gasteiger partial charge in [0.05, 0.1) is 13.2 Å². The molecule has 0 aliphatic rings. The van der Waals surface area contributed by atoms with Crippen molar-refractivity contribution in [3.05, 3.63) is 89.5 Å². The number of carbonyl (C=O) groups excluding carboxylic acids is 2. The van der Waals surface area contributed by atoms with Crippen LogP contribution in [-0.2, 0) is 28.9 Å². The molecule has 2 aromatic carbocycles. The quantitative estimate of drug-likeness (QED) is 0.361. The van der Waals surface area contributed by atoms with Crippen LogP contribution in [0.5, 0.6) is 11.5 Å². The summed E-state index contributed by atoms with van der Waals surface area (Å²) < 4.78 is 29.2. The van der Waals surface area contributed by atoms with Gasteiger partial charge in [-0.1, -0.05) is 25.1 Å². The van der Waals surface area contributed by atoms with Gasteiger partial charge in [0.25, 0.3) is 0 Å². The SMILES string of the molecule is CCOC(=O)CN(Cc1ccc(OCCc2ccc(CC)cn2)cc1)C(=O)Oc1ccc(F)cc1. The minimum absolute atomic E-state index is 0.118. The minimum atomic E-state index is -0.744.